The van der Waals surface area contributed by atoms with Crippen molar-refractivity contribution in [3.05, 3.63) is 69.7 Å². The van der Waals surface area contributed by atoms with Crippen molar-refractivity contribution in [1.82, 2.24) is 4.90 Å². The molecule has 1 saturated heterocycles. The standard InChI is InChI=1S/C20H22ClNO/c1-14-7-8-16-17-12-22(11-15-5-3-2-4-6-15)10-9-19(17)23-13-18(16)20(14)21/h2-8,17,19H,9-13H2,1H3/t17?,19-/m0/s1. The van der Waals surface area contributed by atoms with Gasteiger partial charge in [-0.15, -0.1) is 0 Å². The molecule has 2 aromatic rings. The maximum Gasteiger partial charge on any atom is 0.0738 e. The van der Waals surface area contributed by atoms with Crippen LogP contribution in [0.3, 0.4) is 0 Å². The van der Waals surface area contributed by atoms with Gasteiger partial charge in [0.25, 0.3) is 0 Å². The van der Waals surface area contributed by atoms with Crippen LogP contribution in [-0.4, -0.2) is 24.1 Å². The van der Waals surface area contributed by atoms with Crippen LogP contribution in [0, 0.1) is 6.92 Å². The second-order valence-electron chi connectivity index (χ2n) is 6.73. The van der Waals surface area contributed by atoms with E-state index in [-0.39, 0.29) is 0 Å². The first-order chi connectivity index (χ1) is 11.2. The van der Waals surface area contributed by atoms with Crippen LogP contribution in [0.25, 0.3) is 0 Å². The Morgan fingerprint density at radius 2 is 2.00 bits per heavy atom. The van der Waals surface area contributed by atoms with Gasteiger partial charge in [0.1, 0.15) is 0 Å². The fourth-order valence-corrected chi connectivity index (χ4v) is 4.15. The molecular weight excluding hydrogens is 306 g/mol. The molecule has 0 saturated carbocycles. The minimum Gasteiger partial charge on any atom is -0.373 e. The van der Waals surface area contributed by atoms with E-state index in [0.717, 1.165) is 36.6 Å². The van der Waals surface area contributed by atoms with Crippen molar-refractivity contribution in [1.29, 1.82) is 0 Å². The molecule has 1 fully saturated rings. The maximum atomic E-state index is 6.51. The van der Waals surface area contributed by atoms with Crippen molar-refractivity contribution in [3.63, 3.8) is 0 Å². The van der Waals surface area contributed by atoms with Crippen molar-refractivity contribution in [2.45, 2.75) is 38.5 Å². The zero-order valence-electron chi connectivity index (χ0n) is 13.5. The SMILES string of the molecule is Cc1ccc2c(c1Cl)CO[C@H]1CCN(Cc3ccccc3)CC21. The number of hydrogen-bond acceptors (Lipinski definition) is 2. The number of likely N-dealkylation sites (tertiary alicyclic amines) is 1. The second-order valence-corrected chi connectivity index (χ2v) is 7.11. The minimum absolute atomic E-state index is 0.341. The van der Waals surface area contributed by atoms with Crippen LogP contribution in [0.5, 0.6) is 0 Å². The highest BCUT2D eigenvalue weighted by Crippen LogP contribution is 2.40. The Morgan fingerprint density at radius 1 is 1.17 bits per heavy atom. The van der Waals surface area contributed by atoms with Gasteiger partial charge in [-0.05, 0) is 30.0 Å². The molecule has 3 heteroatoms. The number of halogens is 1. The van der Waals surface area contributed by atoms with E-state index in [0.29, 0.717) is 18.6 Å². The first-order valence-electron chi connectivity index (χ1n) is 8.38. The summed E-state index contributed by atoms with van der Waals surface area (Å²) in [6.45, 7) is 5.89. The predicted octanol–water partition coefficient (Wildman–Crippen LogP) is 4.54. The summed E-state index contributed by atoms with van der Waals surface area (Å²) in [5.41, 5.74) is 5.12. The topological polar surface area (TPSA) is 12.5 Å². The molecule has 0 N–H and O–H groups in total. The fraction of sp³-hybridized carbons (Fsp3) is 0.400. The van der Waals surface area contributed by atoms with Gasteiger partial charge in [0.05, 0.1) is 12.7 Å². The quantitative estimate of drug-likeness (QED) is 0.803. The Bertz CT molecular complexity index is 700. The average Bonchev–Trinajstić information content (AvgIpc) is 2.59. The highest BCUT2D eigenvalue weighted by molar-refractivity contribution is 6.32. The molecular formula is C20H22ClNO. The summed E-state index contributed by atoms with van der Waals surface area (Å²) >= 11 is 6.51. The fourth-order valence-electron chi connectivity index (χ4n) is 3.92. The van der Waals surface area contributed by atoms with Gasteiger partial charge in [0.2, 0.25) is 0 Å². The lowest BCUT2D eigenvalue weighted by molar-refractivity contribution is -0.0325. The van der Waals surface area contributed by atoms with E-state index < -0.39 is 0 Å². The van der Waals surface area contributed by atoms with E-state index >= 15 is 0 Å². The molecule has 2 nitrogen and oxygen atoms in total. The van der Waals surface area contributed by atoms with Crippen molar-refractivity contribution >= 4 is 11.6 Å². The van der Waals surface area contributed by atoms with E-state index in [2.05, 4.69) is 54.3 Å². The van der Waals surface area contributed by atoms with Crippen LogP contribution in [0.2, 0.25) is 5.02 Å². The predicted molar refractivity (Wildman–Crippen MR) is 93.8 cm³/mol. The summed E-state index contributed by atoms with van der Waals surface area (Å²) in [6, 6.07) is 15.1. The van der Waals surface area contributed by atoms with Crippen LogP contribution in [0.15, 0.2) is 42.5 Å². The Labute approximate surface area is 143 Å². The normalized spacial score (nSPS) is 24.1. The number of nitrogens with zero attached hydrogens (tertiary/aromatic N) is 1. The number of piperidine rings is 1. The van der Waals surface area contributed by atoms with E-state index in [4.69, 9.17) is 16.3 Å². The highest BCUT2D eigenvalue weighted by Gasteiger charge is 2.36. The average molecular weight is 328 g/mol. The van der Waals surface area contributed by atoms with Crippen molar-refractivity contribution in [3.8, 4) is 0 Å². The molecule has 0 aromatic heterocycles. The zero-order chi connectivity index (χ0) is 15.8. The molecule has 2 heterocycles. The van der Waals surface area contributed by atoms with E-state index in [9.17, 15) is 0 Å². The van der Waals surface area contributed by atoms with Crippen molar-refractivity contribution in [2.24, 2.45) is 0 Å². The summed E-state index contributed by atoms with van der Waals surface area (Å²) in [5.74, 6) is 0.439. The third-order valence-electron chi connectivity index (χ3n) is 5.20. The van der Waals surface area contributed by atoms with Gasteiger partial charge >= 0.3 is 0 Å². The minimum atomic E-state index is 0.341. The van der Waals surface area contributed by atoms with E-state index in [1.807, 2.05) is 0 Å². The number of aryl methyl sites for hydroxylation is 1. The molecule has 1 unspecified atom stereocenters. The van der Waals surface area contributed by atoms with Gasteiger partial charge in [-0.2, -0.15) is 0 Å². The van der Waals surface area contributed by atoms with Gasteiger partial charge in [-0.25, -0.2) is 0 Å². The summed E-state index contributed by atoms with van der Waals surface area (Å²) < 4.78 is 6.13. The smallest absolute Gasteiger partial charge is 0.0738 e. The van der Waals surface area contributed by atoms with Gasteiger partial charge in [0, 0.05) is 36.1 Å². The Morgan fingerprint density at radius 3 is 2.83 bits per heavy atom. The summed E-state index contributed by atoms with van der Waals surface area (Å²) in [6.07, 6.45) is 1.44. The summed E-state index contributed by atoms with van der Waals surface area (Å²) in [5, 5.41) is 0.890. The molecule has 4 rings (SSSR count). The highest BCUT2D eigenvalue weighted by atomic mass is 35.5. The first-order valence-corrected chi connectivity index (χ1v) is 8.76. The Balaban J connectivity index is 1.57. The summed E-state index contributed by atoms with van der Waals surface area (Å²) in [4.78, 5) is 2.54. The maximum absolute atomic E-state index is 6.51. The summed E-state index contributed by atoms with van der Waals surface area (Å²) in [7, 11) is 0. The number of fused-ring (bicyclic) bond motifs is 3. The molecule has 23 heavy (non-hydrogen) atoms. The third-order valence-corrected chi connectivity index (χ3v) is 5.72. The Hall–Kier alpha value is -1.35. The van der Waals surface area contributed by atoms with Crippen LogP contribution in [-0.2, 0) is 17.9 Å². The van der Waals surface area contributed by atoms with Crippen molar-refractivity contribution < 1.29 is 4.74 Å². The van der Waals surface area contributed by atoms with Crippen LogP contribution >= 0.6 is 11.6 Å². The van der Waals surface area contributed by atoms with E-state index in [1.165, 1.54) is 16.7 Å². The van der Waals surface area contributed by atoms with E-state index in [1.54, 1.807) is 0 Å². The molecule has 2 aromatic carbocycles. The van der Waals surface area contributed by atoms with Crippen LogP contribution in [0.4, 0.5) is 0 Å². The third kappa shape index (κ3) is 2.91. The first kappa shape index (κ1) is 15.2. The molecule has 2 atom stereocenters. The Kier molecular flexibility index (Phi) is 4.14. The van der Waals surface area contributed by atoms with Crippen LogP contribution < -0.4 is 0 Å². The molecule has 2 aliphatic rings. The molecule has 0 radical (unpaired) electrons. The number of ether oxygens (including phenoxy) is 1. The van der Waals surface area contributed by atoms with Crippen LogP contribution in [0.1, 0.15) is 34.6 Å². The number of benzene rings is 2. The molecule has 0 aliphatic carbocycles. The molecule has 0 amide bonds. The lowest BCUT2D eigenvalue weighted by Gasteiger charge is -2.42. The molecule has 0 bridgehead atoms. The number of hydrogen-bond donors (Lipinski definition) is 0. The largest absolute Gasteiger partial charge is 0.373 e. The molecule has 0 spiro atoms. The zero-order valence-corrected chi connectivity index (χ0v) is 14.2. The van der Waals surface area contributed by atoms with Gasteiger partial charge < -0.3 is 4.74 Å². The van der Waals surface area contributed by atoms with Gasteiger partial charge in [-0.1, -0.05) is 54.1 Å². The van der Waals surface area contributed by atoms with Crippen molar-refractivity contribution in [2.75, 3.05) is 13.1 Å². The lowest BCUT2D eigenvalue weighted by Crippen LogP contribution is -2.44. The monoisotopic (exact) mass is 327 g/mol. The lowest BCUT2D eigenvalue weighted by atomic mass is 9.82. The molecule has 2 aliphatic heterocycles. The number of rotatable bonds is 2. The van der Waals surface area contributed by atoms with Gasteiger partial charge in [-0.3, -0.25) is 4.90 Å². The molecule has 120 valence electrons. The second kappa shape index (κ2) is 6.27. The van der Waals surface area contributed by atoms with Gasteiger partial charge in [0.15, 0.2) is 0 Å².